The van der Waals surface area contributed by atoms with Crippen LogP contribution in [0.5, 0.6) is 0 Å². The molecule has 0 aliphatic rings. The molecule has 0 aromatic heterocycles. The molecule has 0 rings (SSSR count). The molecule has 4 heteroatoms. The van der Waals surface area contributed by atoms with Crippen molar-refractivity contribution < 1.29 is 0 Å². The quantitative estimate of drug-likeness (QED) is 0.288. The van der Waals surface area contributed by atoms with Crippen LogP contribution in [0.2, 0.25) is 0 Å². The van der Waals surface area contributed by atoms with Crippen molar-refractivity contribution in [3.05, 3.63) is 22.7 Å². The van der Waals surface area contributed by atoms with E-state index in [0.29, 0.717) is 5.03 Å². The molecular formula is C5H6Cl2N2. The van der Waals surface area contributed by atoms with Gasteiger partial charge in [-0.2, -0.15) is 5.10 Å². The van der Waals surface area contributed by atoms with Gasteiger partial charge < -0.3 is 5.84 Å². The van der Waals surface area contributed by atoms with Crippen LogP contribution < -0.4 is 5.84 Å². The lowest BCUT2D eigenvalue weighted by Gasteiger charge is -1.87. The lowest BCUT2D eigenvalue weighted by molar-refractivity contribution is 1.27. The van der Waals surface area contributed by atoms with Crippen LogP contribution >= 0.6 is 23.2 Å². The van der Waals surface area contributed by atoms with E-state index < -0.39 is 0 Å². The Morgan fingerprint density at radius 3 is 2.33 bits per heavy atom. The Labute approximate surface area is 63.6 Å². The molecule has 0 heterocycles. The van der Waals surface area contributed by atoms with Crippen LogP contribution in [-0.2, 0) is 0 Å². The zero-order valence-electron chi connectivity index (χ0n) is 4.64. The fourth-order valence-corrected chi connectivity index (χ4v) is 0.407. The highest BCUT2D eigenvalue weighted by atomic mass is 35.5. The van der Waals surface area contributed by atoms with E-state index in [1.54, 1.807) is 0 Å². The molecule has 0 bridgehead atoms. The molecule has 0 radical (unpaired) electrons. The number of hydrogen-bond acceptors (Lipinski definition) is 2. The van der Waals surface area contributed by atoms with E-state index >= 15 is 0 Å². The lowest BCUT2D eigenvalue weighted by atomic mass is 10.5. The van der Waals surface area contributed by atoms with E-state index in [4.69, 9.17) is 29.0 Å². The van der Waals surface area contributed by atoms with E-state index in [0.717, 1.165) is 0 Å². The van der Waals surface area contributed by atoms with Gasteiger partial charge >= 0.3 is 0 Å². The van der Waals surface area contributed by atoms with Gasteiger partial charge in [0.2, 0.25) is 0 Å². The Morgan fingerprint density at radius 1 is 1.44 bits per heavy atom. The van der Waals surface area contributed by atoms with Crippen LogP contribution in [0, 0.1) is 0 Å². The van der Waals surface area contributed by atoms with Crippen LogP contribution in [0.15, 0.2) is 27.8 Å². The van der Waals surface area contributed by atoms with Crippen molar-refractivity contribution in [1.29, 1.82) is 0 Å². The molecule has 2 N–H and O–H groups in total. The third-order valence-electron chi connectivity index (χ3n) is 0.595. The second kappa shape index (κ2) is 4.41. The minimum atomic E-state index is 0.286. The van der Waals surface area contributed by atoms with E-state index in [-0.39, 0.29) is 5.03 Å². The van der Waals surface area contributed by atoms with Crippen LogP contribution in [0.4, 0.5) is 0 Å². The Morgan fingerprint density at radius 2 is 2.00 bits per heavy atom. The van der Waals surface area contributed by atoms with Gasteiger partial charge in [-0.1, -0.05) is 29.8 Å². The minimum Gasteiger partial charge on any atom is -0.323 e. The second-order valence-corrected chi connectivity index (χ2v) is 1.99. The van der Waals surface area contributed by atoms with E-state index in [2.05, 4.69) is 11.7 Å². The maximum atomic E-state index is 5.48. The Balaban J connectivity index is 4.27. The van der Waals surface area contributed by atoms with E-state index in [9.17, 15) is 0 Å². The summed E-state index contributed by atoms with van der Waals surface area (Å²) >= 11 is 11.0. The van der Waals surface area contributed by atoms with Crippen LogP contribution in [0.1, 0.15) is 0 Å². The van der Waals surface area contributed by atoms with Gasteiger partial charge in [-0.15, -0.1) is 0 Å². The summed E-state index contributed by atoms with van der Waals surface area (Å²) in [5.74, 6) is 4.78. The monoisotopic (exact) mass is 164 g/mol. The number of halogens is 2. The normalized spacial score (nSPS) is 13.6. The Hall–Kier alpha value is -0.470. The Bertz CT molecular complexity index is 160. The number of hydrogen-bond donors (Lipinski definition) is 1. The van der Waals surface area contributed by atoms with Crippen molar-refractivity contribution in [2.75, 3.05) is 0 Å². The van der Waals surface area contributed by atoms with E-state index in [1.165, 1.54) is 12.3 Å². The first kappa shape index (κ1) is 8.53. The fraction of sp³-hybridized carbons (Fsp3) is 0. The highest BCUT2D eigenvalue weighted by Crippen LogP contribution is 2.11. The first-order valence-corrected chi connectivity index (χ1v) is 2.89. The van der Waals surface area contributed by atoms with Crippen LogP contribution in [0.25, 0.3) is 0 Å². The van der Waals surface area contributed by atoms with Crippen LogP contribution in [0.3, 0.4) is 0 Å². The second-order valence-electron chi connectivity index (χ2n) is 1.18. The van der Waals surface area contributed by atoms with Gasteiger partial charge in [0.25, 0.3) is 0 Å². The molecule has 0 aliphatic carbocycles. The highest BCUT2D eigenvalue weighted by molar-refractivity contribution is 6.46. The molecule has 9 heavy (non-hydrogen) atoms. The first-order chi connectivity index (χ1) is 4.22. The van der Waals surface area contributed by atoms with Gasteiger partial charge in [-0.3, -0.25) is 0 Å². The topological polar surface area (TPSA) is 38.4 Å². The van der Waals surface area contributed by atoms with Crippen molar-refractivity contribution in [3.8, 4) is 0 Å². The van der Waals surface area contributed by atoms with E-state index in [1.807, 2.05) is 0 Å². The first-order valence-electron chi connectivity index (χ1n) is 2.13. The summed E-state index contributed by atoms with van der Waals surface area (Å²) in [6.45, 7) is 3.39. The number of hydrazone groups is 1. The third kappa shape index (κ3) is 3.16. The lowest BCUT2D eigenvalue weighted by Crippen LogP contribution is -1.83. The third-order valence-corrected chi connectivity index (χ3v) is 1.35. The summed E-state index contributed by atoms with van der Waals surface area (Å²) in [5, 5.41) is 3.78. The SMILES string of the molecule is C=C/C(Cl)=C(Cl)\C=N/N. The molecule has 2 nitrogen and oxygen atoms in total. The zero-order valence-corrected chi connectivity index (χ0v) is 6.15. The zero-order chi connectivity index (χ0) is 7.28. The molecule has 0 spiro atoms. The number of allylic oxidation sites excluding steroid dienone is 3. The fourth-order valence-electron chi connectivity index (χ4n) is 0.225. The van der Waals surface area contributed by atoms with Crippen molar-refractivity contribution in [2.24, 2.45) is 10.9 Å². The maximum absolute atomic E-state index is 5.48. The smallest absolute Gasteiger partial charge is 0.0792 e. The molecule has 0 aromatic carbocycles. The summed E-state index contributed by atoms with van der Waals surface area (Å²) in [7, 11) is 0. The summed E-state index contributed by atoms with van der Waals surface area (Å²) < 4.78 is 0. The predicted octanol–water partition coefficient (Wildman–Crippen LogP) is 1.81. The van der Waals surface area contributed by atoms with Crippen molar-refractivity contribution in [2.45, 2.75) is 0 Å². The predicted molar refractivity (Wildman–Crippen MR) is 41.6 cm³/mol. The molecule has 50 valence electrons. The number of rotatable bonds is 2. The standard InChI is InChI=1S/C5H6Cl2N2/c1-2-4(6)5(7)3-9-8/h2-3H,1,8H2/b5-4-,9-3-. The van der Waals surface area contributed by atoms with Gasteiger partial charge in [-0.25, -0.2) is 0 Å². The summed E-state index contributed by atoms with van der Waals surface area (Å²) in [6, 6.07) is 0. The number of nitrogens with two attached hydrogens (primary N) is 1. The summed E-state index contributed by atoms with van der Waals surface area (Å²) in [5.41, 5.74) is 0. The summed E-state index contributed by atoms with van der Waals surface area (Å²) in [4.78, 5) is 0. The molecular weight excluding hydrogens is 159 g/mol. The van der Waals surface area contributed by atoms with Crippen molar-refractivity contribution in [1.82, 2.24) is 0 Å². The molecule has 0 aromatic rings. The molecule has 0 fully saturated rings. The Kier molecular flexibility index (Phi) is 4.18. The van der Waals surface area contributed by atoms with Gasteiger partial charge in [0.1, 0.15) is 0 Å². The van der Waals surface area contributed by atoms with Crippen molar-refractivity contribution in [3.63, 3.8) is 0 Å². The largest absolute Gasteiger partial charge is 0.323 e. The van der Waals surface area contributed by atoms with Crippen LogP contribution in [-0.4, -0.2) is 6.21 Å². The molecule has 0 amide bonds. The number of nitrogens with zero attached hydrogens (tertiary/aromatic N) is 1. The van der Waals surface area contributed by atoms with Gasteiger partial charge in [0.15, 0.2) is 0 Å². The van der Waals surface area contributed by atoms with Gasteiger partial charge in [-0.05, 0) is 6.08 Å². The molecule has 0 unspecified atom stereocenters. The molecule has 0 saturated carbocycles. The minimum absolute atomic E-state index is 0.286. The van der Waals surface area contributed by atoms with Gasteiger partial charge in [0, 0.05) is 0 Å². The maximum Gasteiger partial charge on any atom is 0.0792 e. The molecule has 0 atom stereocenters. The highest BCUT2D eigenvalue weighted by Gasteiger charge is 1.91. The molecule has 0 aliphatic heterocycles. The van der Waals surface area contributed by atoms with Crippen molar-refractivity contribution >= 4 is 29.4 Å². The summed E-state index contributed by atoms with van der Waals surface area (Å²) in [6.07, 6.45) is 2.65. The van der Waals surface area contributed by atoms with Gasteiger partial charge in [0.05, 0.1) is 16.3 Å². The average Bonchev–Trinajstić information content (AvgIpc) is 1.87. The molecule has 0 saturated heterocycles. The average molecular weight is 165 g/mol.